The van der Waals surface area contributed by atoms with Crippen molar-refractivity contribution in [3.05, 3.63) is 41.7 Å². The van der Waals surface area contributed by atoms with Gasteiger partial charge in [0.2, 0.25) is 0 Å². The van der Waals surface area contributed by atoms with Crippen LogP contribution in [0.1, 0.15) is 11.3 Å². The Bertz CT molecular complexity index is 629. The predicted molar refractivity (Wildman–Crippen MR) is 76.8 cm³/mol. The van der Waals surface area contributed by atoms with Crippen molar-refractivity contribution >= 4 is 11.8 Å². The molecule has 0 unspecified atom stereocenters. The van der Waals surface area contributed by atoms with Gasteiger partial charge in [-0.15, -0.1) is 0 Å². The minimum atomic E-state index is -4.43. The number of rotatable bonds is 6. The Morgan fingerprint density at radius 3 is 2.68 bits per heavy atom. The van der Waals surface area contributed by atoms with Gasteiger partial charge in [0.15, 0.2) is 5.16 Å². The summed E-state index contributed by atoms with van der Waals surface area (Å²) in [6.45, 7) is 0.0125. The summed E-state index contributed by atoms with van der Waals surface area (Å²) in [6, 6.07) is 5.13. The maximum absolute atomic E-state index is 12.8. The molecule has 0 fully saturated rings. The van der Waals surface area contributed by atoms with Crippen molar-refractivity contribution < 1.29 is 23.0 Å². The SMILES string of the molecule is Cn1c(CO)cnc1SCCOc1ccccc1C(F)(F)F. The van der Waals surface area contributed by atoms with Crippen molar-refractivity contribution in [1.82, 2.24) is 9.55 Å². The van der Waals surface area contributed by atoms with Crippen LogP contribution in [-0.2, 0) is 19.8 Å². The zero-order chi connectivity index (χ0) is 16.2. The number of para-hydroxylation sites is 1. The number of hydrogen-bond acceptors (Lipinski definition) is 4. The molecule has 0 atom stereocenters. The predicted octanol–water partition coefficient (Wildman–Crippen LogP) is 3.10. The number of hydrogen-bond donors (Lipinski definition) is 1. The van der Waals surface area contributed by atoms with Crippen LogP contribution in [0.2, 0.25) is 0 Å². The first-order valence-corrected chi connectivity index (χ1v) is 7.45. The second kappa shape index (κ2) is 7.06. The summed E-state index contributed by atoms with van der Waals surface area (Å²) in [7, 11) is 1.76. The van der Waals surface area contributed by atoms with Gasteiger partial charge in [-0.3, -0.25) is 0 Å². The van der Waals surface area contributed by atoms with Crippen molar-refractivity contribution in [3.63, 3.8) is 0 Å². The third-order valence-electron chi connectivity index (χ3n) is 2.97. The fraction of sp³-hybridized carbons (Fsp3) is 0.357. The number of imidazole rings is 1. The molecule has 1 aromatic carbocycles. The van der Waals surface area contributed by atoms with Crippen LogP contribution in [-0.4, -0.2) is 27.0 Å². The van der Waals surface area contributed by atoms with E-state index < -0.39 is 11.7 Å². The van der Waals surface area contributed by atoms with Gasteiger partial charge in [-0.2, -0.15) is 13.2 Å². The molecule has 0 radical (unpaired) electrons. The lowest BCUT2D eigenvalue weighted by Gasteiger charge is -2.13. The van der Waals surface area contributed by atoms with E-state index in [0.717, 1.165) is 6.07 Å². The van der Waals surface area contributed by atoms with E-state index in [0.29, 0.717) is 16.6 Å². The van der Waals surface area contributed by atoms with Crippen molar-refractivity contribution in [1.29, 1.82) is 0 Å². The Morgan fingerprint density at radius 1 is 1.32 bits per heavy atom. The molecule has 1 N–H and O–H groups in total. The highest BCUT2D eigenvalue weighted by molar-refractivity contribution is 7.99. The lowest BCUT2D eigenvalue weighted by atomic mass is 10.2. The van der Waals surface area contributed by atoms with Crippen LogP contribution in [0.3, 0.4) is 0 Å². The topological polar surface area (TPSA) is 47.3 Å². The Hall–Kier alpha value is -1.67. The minimum absolute atomic E-state index is 0.112. The molecule has 8 heteroatoms. The normalized spacial score (nSPS) is 11.7. The number of aliphatic hydroxyl groups is 1. The highest BCUT2D eigenvalue weighted by atomic mass is 32.2. The van der Waals surface area contributed by atoms with Crippen LogP contribution < -0.4 is 4.74 Å². The summed E-state index contributed by atoms with van der Waals surface area (Å²) in [5.74, 6) is 0.272. The number of ether oxygens (including phenoxy) is 1. The molecule has 1 aromatic heterocycles. The third kappa shape index (κ3) is 3.95. The van der Waals surface area contributed by atoms with E-state index in [1.54, 1.807) is 17.8 Å². The molecule has 0 amide bonds. The Balaban J connectivity index is 1.91. The molecule has 0 bridgehead atoms. The monoisotopic (exact) mass is 332 g/mol. The summed E-state index contributed by atoms with van der Waals surface area (Å²) in [6.07, 6.45) is -2.87. The highest BCUT2D eigenvalue weighted by Gasteiger charge is 2.33. The molecule has 2 aromatic rings. The van der Waals surface area contributed by atoms with Crippen molar-refractivity contribution in [2.75, 3.05) is 12.4 Å². The van der Waals surface area contributed by atoms with Crippen molar-refractivity contribution in [3.8, 4) is 5.75 Å². The van der Waals surface area contributed by atoms with Gasteiger partial charge in [-0.25, -0.2) is 4.98 Å². The van der Waals surface area contributed by atoms with Crippen molar-refractivity contribution in [2.45, 2.75) is 17.9 Å². The number of thioether (sulfide) groups is 1. The van der Waals surface area contributed by atoms with Gasteiger partial charge in [-0.1, -0.05) is 23.9 Å². The summed E-state index contributed by atoms with van der Waals surface area (Å²) in [5, 5.41) is 9.74. The van der Waals surface area contributed by atoms with E-state index in [1.807, 2.05) is 0 Å². The molecule has 0 aliphatic heterocycles. The number of aromatic nitrogens is 2. The molecule has 0 saturated heterocycles. The van der Waals surface area contributed by atoms with E-state index in [-0.39, 0.29) is 19.0 Å². The van der Waals surface area contributed by atoms with Crippen LogP contribution in [0.4, 0.5) is 13.2 Å². The molecule has 22 heavy (non-hydrogen) atoms. The zero-order valence-corrected chi connectivity index (χ0v) is 12.6. The molecule has 0 aliphatic rings. The molecular weight excluding hydrogens is 317 g/mol. The first-order chi connectivity index (χ1) is 10.4. The highest BCUT2D eigenvalue weighted by Crippen LogP contribution is 2.35. The largest absolute Gasteiger partial charge is 0.492 e. The minimum Gasteiger partial charge on any atom is -0.492 e. The summed E-state index contributed by atoms with van der Waals surface area (Å²) in [4.78, 5) is 4.12. The molecule has 1 heterocycles. The van der Waals surface area contributed by atoms with Crippen LogP contribution in [0.25, 0.3) is 0 Å². The fourth-order valence-electron chi connectivity index (χ4n) is 1.82. The average molecular weight is 332 g/mol. The summed E-state index contributed by atoms with van der Waals surface area (Å²) < 4.78 is 45.3. The number of nitrogens with zero attached hydrogens (tertiary/aromatic N) is 2. The lowest BCUT2D eigenvalue weighted by Crippen LogP contribution is -2.10. The average Bonchev–Trinajstić information content (AvgIpc) is 2.83. The van der Waals surface area contributed by atoms with Crippen LogP contribution in [0, 0.1) is 0 Å². The molecule has 120 valence electrons. The molecule has 0 aliphatic carbocycles. The molecule has 4 nitrogen and oxygen atoms in total. The Morgan fingerprint density at radius 2 is 2.05 bits per heavy atom. The van der Waals surface area contributed by atoms with Gasteiger partial charge in [0.05, 0.1) is 30.7 Å². The number of benzene rings is 1. The van der Waals surface area contributed by atoms with Crippen LogP contribution >= 0.6 is 11.8 Å². The van der Waals surface area contributed by atoms with Crippen LogP contribution in [0.5, 0.6) is 5.75 Å². The molecule has 0 saturated carbocycles. The first kappa shape index (κ1) is 16.7. The van der Waals surface area contributed by atoms with Gasteiger partial charge in [0.1, 0.15) is 5.75 Å². The quantitative estimate of drug-likeness (QED) is 0.652. The lowest BCUT2D eigenvalue weighted by molar-refractivity contribution is -0.138. The van der Waals surface area contributed by atoms with E-state index in [1.165, 1.54) is 30.0 Å². The maximum Gasteiger partial charge on any atom is 0.419 e. The fourth-order valence-corrected chi connectivity index (χ4v) is 2.61. The summed E-state index contributed by atoms with van der Waals surface area (Å²) in [5.41, 5.74) is -0.106. The molecular formula is C14H15F3N2O2S. The third-order valence-corrected chi connectivity index (χ3v) is 3.98. The number of halogens is 3. The van der Waals surface area contributed by atoms with Crippen LogP contribution in [0.15, 0.2) is 35.6 Å². The van der Waals surface area contributed by atoms with Gasteiger partial charge in [0, 0.05) is 12.8 Å². The Kier molecular flexibility index (Phi) is 5.36. The van der Waals surface area contributed by atoms with Gasteiger partial charge >= 0.3 is 6.18 Å². The molecule has 2 rings (SSSR count). The van der Waals surface area contributed by atoms with E-state index in [9.17, 15) is 13.2 Å². The smallest absolute Gasteiger partial charge is 0.419 e. The molecule has 0 spiro atoms. The number of aliphatic hydroxyl groups excluding tert-OH is 1. The second-order valence-corrected chi connectivity index (χ2v) is 5.50. The van der Waals surface area contributed by atoms with Gasteiger partial charge < -0.3 is 14.4 Å². The first-order valence-electron chi connectivity index (χ1n) is 6.46. The van der Waals surface area contributed by atoms with Gasteiger partial charge in [0.25, 0.3) is 0 Å². The maximum atomic E-state index is 12.8. The standard InChI is InChI=1S/C14H15F3N2O2S/c1-19-10(9-20)8-18-13(19)22-7-6-21-12-5-3-2-4-11(12)14(15,16)17/h2-5,8,20H,6-7,9H2,1H3. The van der Waals surface area contributed by atoms with Crippen molar-refractivity contribution in [2.24, 2.45) is 7.05 Å². The Labute approximate surface area is 129 Å². The second-order valence-electron chi connectivity index (χ2n) is 4.44. The van der Waals surface area contributed by atoms with E-state index in [2.05, 4.69) is 4.98 Å². The zero-order valence-electron chi connectivity index (χ0n) is 11.8. The van der Waals surface area contributed by atoms with E-state index in [4.69, 9.17) is 9.84 Å². The van der Waals surface area contributed by atoms with E-state index >= 15 is 0 Å². The number of alkyl halides is 3. The van der Waals surface area contributed by atoms with Gasteiger partial charge in [-0.05, 0) is 12.1 Å². The summed E-state index contributed by atoms with van der Waals surface area (Å²) >= 11 is 1.35.